The maximum Gasteiger partial charge on any atom is 0.106 e. The standard InChI is InChI=1S/C12H17N3OS/c1-2-8(16)5-6-14-9-3-4-10-12(11(9)13)15-7-17-10/h3-4,7-8,14,16H,2,5-6,13H2,1H3. The summed E-state index contributed by atoms with van der Waals surface area (Å²) in [4.78, 5) is 4.24. The molecule has 5 heteroatoms. The van der Waals surface area contributed by atoms with Crippen molar-refractivity contribution in [2.45, 2.75) is 25.9 Å². The first-order chi connectivity index (χ1) is 8.22. The molecule has 1 unspecified atom stereocenters. The van der Waals surface area contributed by atoms with Crippen molar-refractivity contribution in [1.82, 2.24) is 4.98 Å². The highest BCUT2D eigenvalue weighted by atomic mass is 32.1. The fourth-order valence-electron chi connectivity index (χ4n) is 1.68. The van der Waals surface area contributed by atoms with E-state index in [1.54, 1.807) is 16.8 Å². The van der Waals surface area contributed by atoms with Gasteiger partial charge in [-0.15, -0.1) is 11.3 Å². The molecular weight excluding hydrogens is 234 g/mol. The van der Waals surface area contributed by atoms with Gasteiger partial charge < -0.3 is 16.2 Å². The second-order valence-corrected chi connectivity index (χ2v) is 4.89. The highest BCUT2D eigenvalue weighted by Crippen LogP contribution is 2.29. The molecular formula is C12H17N3OS. The van der Waals surface area contributed by atoms with Gasteiger partial charge in [-0.05, 0) is 25.0 Å². The van der Waals surface area contributed by atoms with Crippen LogP contribution in [0, 0.1) is 0 Å². The van der Waals surface area contributed by atoms with E-state index in [9.17, 15) is 5.11 Å². The Morgan fingerprint density at radius 3 is 3.12 bits per heavy atom. The van der Waals surface area contributed by atoms with Gasteiger partial charge in [0.25, 0.3) is 0 Å². The minimum absolute atomic E-state index is 0.244. The van der Waals surface area contributed by atoms with E-state index in [1.165, 1.54) is 0 Å². The minimum atomic E-state index is -0.244. The summed E-state index contributed by atoms with van der Waals surface area (Å²) in [6.45, 7) is 2.69. The summed E-state index contributed by atoms with van der Waals surface area (Å²) in [6, 6.07) is 3.98. The third-order valence-corrected chi connectivity index (χ3v) is 3.60. The molecule has 2 aromatic rings. The van der Waals surface area contributed by atoms with Crippen molar-refractivity contribution in [1.29, 1.82) is 0 Å². The summed E-state index contributed by atoms with van der Waals surface area (Å²) in [5.74, 6) is 0. The average Bonchev–Trinajstić information content (AvgIpc) is 2.81. The van der Waals surface area contributed by atoms with Crippen molar-refractivity contribution in [3.63, 3.8) is 0 Å². The zero-order valence-corrected chi connectivity index (χ0v) is 10.6. The molecule has 0 bridgehead atoms. The first kappa shape index (κ1) is 12.1. The number of nitrogen functional groups attached to an aromatic ring is 1. The summed E-state index contributed by atoms with van der Waals surface area (Å²) in [5, 5.41) is 12.7. The maximum atomic E-state index is 9.46. The number of benzene rings is 1. The molecule has 1 atom stereocenters. The average molecular weight is 251 g/mol. The number of aliphatic hydroxyl groups excluding tert-OH is 1. The number of hydrogen-bond acceptors (Lipinski definition) is 5. The molecule has 0 aliphatic carbocycles. The predicted molar refractivity (Wildman–Crippen MR) is 73.4 cm³/mol. The molecule has 0 fully saturated rings. The van der Waals surface area contributed by atoms with Crippen molar-refractivity contribution in [3.8, 4) is 0 Å². The largest absolute Gasteiger partial charge is 0.395 e. The normalized spacial score (nSPS) is 12.8. The molecule has 4 nitrogen and oxygen atoms in total. The summed E-state index contributed by atoms with van der Waals surface area (Å²) in [5.41, 5.74) is 10.3. The summed E-state index contributed by atoms with van der Waals surface area (Å²) in [6.07, 6.45) is 1.26. The molecule has 0 radical (unpaired) electrons. The monoisotopic (exact) mass is 251 g/mol. The lowest BCUT2D eigenvalue weighted by Crippen LogP contribution is -2.13. The Hall–Kier alpha value is -1.33. The van der Waals surface area contributed by atoms with Crippen LogP contribution in [0.3, 0.4) is 0 Å². The van der Waals surface area contributed by atoms with Crippen molar-refractivity contribution < 1.29 is 5.11 Å². The van der Waals surface area contributed by atoms with Crippen LogP contribution >= 0.6 is 11.3 Å². The van der Waals surface area contributed by atoms with Gasteiger partial charge in [0.2, 0.25) is 0 Å². The molecule has 0 spiro atoms. The van der Waals surface area contributed by atoms with E-state index >= 15 is 0 Å². The van der Waals surface area contributed by atoms with E-state index in [-0.39, 0.29) is 6.10 Å². The lowest BCUT2D eigenvalue weighted by Gasteiger charge is -2.11. The van der Waals surface area contributed by atoms with Crippen LogP contribution in [0.2, 0.25) is 0 Å². The minimum Gasteiger partial charge on any atom is -0.395 e. The van der Waals surface area contributed by atoms with Gasteiger partial charge in [-0.25, -0.2) is 4.98 Å². The van der Waals surface area contributed by atoms with Crippen molar-refractivity contribution >= 4 is 32.9 Å². The van der Waals surface area contributed by atoms with Gasteiger partial charge in [0.1, 0.15) is 5.52 Å². The van der Waals surface area contributed by atoms with E-state index in [0.29, 0.717) is 5.69 Å². The molecule has 0 aliphatic heterocycles. The number of nitrogens with zero attached hydrogens (tertiary/aromatic N) is 1. The van der Waals surface area contributed by atoms with Crippen LogP contribution in [0.25, 0.3) is 10.2 Å². The molecule has 0 aliphatic rings. The topological polar surface area (TPSA) is 71.2 Å². The van der Waals surface area contributed by atoms with Crippen molar-refractivity contribution in [2.24, 2.45) is 0 Å². The van der Waals surface area contributed by atoms with Gasteiger partial charge in [-0.1, -0.05) is 6.92 Å². The van der Waals surface area contributed by atoms with Crippen LogP contribution in [0.15, 0.2) is 17.6 Å². The molecule has 0 saturated carbocycles. The number of nitrogens with one attached hydrogen (secondary N) is 1. The van der Waals surface area contributed by atoms with Crippen LogP contribution in [0.5, 0.6) is 0 Å². The maximum absolute atomic E-state index is 9.46. The number of aliphatic hydroxyl groups is 1. The number of anilines is 2. The second-order valence-electron chi connectivity index (χ2n) is 4.00. The SMILES string of the molecule is CCC(O)CCNc1ccc2scnc2c1N. The fraction of sp³-hybridized carbons (Fsp3) is 0.417. The van der Waals surface area contributed by atoms with Crippen LogP contribution in [-0.4, -0.2) is 22.7 Å². The number of hydrogen-bond donors (Lipinski definition) is 3. The fourth-order valence-corrected chi connectivity index (χ4v) is 2.38. The highest BCUT2D eigenvalue weighted by Gasteiger charge is 2.07. The van der Waals surface area contributed by atoms with E-state index in [2.05, 4.69) is 10.3 Å². The molecule has 1 aromatic carbocycles. The van der Waals surface area contributed by atoms with Crippen LogP contribution < -0.4 is 11.1 Å². The Kier molecular flexibility index (Phi) is 3.81. The Labute approximate surface area is 104 Å². The van der Waals surface area contributed by atoms with Gasteiger partial charge >= 0.3 is 0 Å². The lowest BCUT2D eigenvalue weighted by atomic mass is 10.2. The first-order valence-corrected chi connectivity index (χ1v) is 6.64. The second kappa shape index (κ2) is 5.33. The lowest BCUT2D eigenvalue weighted by molar-refractivity contribution is 0.164. The van der Waals surface area contributed by atoms with Crippen LogP contribution in [0.4, 0.5) is 11.4 Å². The van der Waals surface area contributed by atoms with Gasteiger partial charge in [0.05, 0.1) is 27.7 Å². The number of fused-ring (bicyclic) bond motifs is 1. The Balaban J connectivity index is 2.05. The zero-order valence-electron chi connectivity index (χ0n) is 9.81. The van der Waals surface area contributed by atoms with E-state index in [1.807, 2.05) is 19.1 Å². The van der Waals surface area contributed by atoms with Gasteiger partial charge in [0, 0.05) is 6.54 Å². The first-order valence-electron chi connectivity index (χ1n) is 5.76. The predicted octanol–water partition coefficient (Wildman–Crippen LogP) is 2.45. The Morgan fingerprint density at radius 2 is 2.35 bits per heavy atom. The molecule has 1 heterocycles. The molecule has 0 amide bonds. The number of rotatable bonds is 5. The third kappa shape index (κ3) is 2.68. The number of thiazole rings is 1. The molecule has 4 N–H and O–H groups in total. The highest BCUT2D eigenvalue weighted by molar-refractivity contribution is 7.16. The van der Waals surface area contributed by atoms with Crippen molar-refractivity contribution in [3.05, 3.63) is 17.6 Å². The summed E-state index contributed by atoms with van der Waals surface area (Å²) in [7, 11) is 0. The Morgan fingerprint density at radius 1 is 1.53 bits per heavy atom. The van der Waals surface area contributed by atoms with Gasteiger partial charge in [0.15, 0.2) is 0 Å². The quantitative estimate of drug-likeness (QED) is 0.714. The Bertz CT molecular complexity index is 497. The molecule has 0 saturated heterocycles. The molecule has 92 valence electrons. The zero-order chi connectivity index (χ0) is 12.3. The van der Waals surface area contributed by atoms with Crippen LogP contribution in [-0.2, 0) is 0 Å². The van der Waals surface area contributed by atoms with Crippen LogP contribution in [0.1, 0.15) is 19.8 Å². The molecule has 2 rings (SSSR count). The summed E-state index contributed by atoms with van der Waals surface area (Å²) >= 11 is 1.58. The summed E-state index contributed by atoms with van der Waals surface area (Å²) < 4.78 is 1.10. The van der Waals surface area contributed by atoms with E-state index in [0.717, 1.165) is 35.3 Å². The molecule has 1 aromatic heterocycles. The smallest absolute Gasteiger partial charge is 0.106 e. The van der Waals surface area contributed by atoms with E-state index < -0.39 is 0 Å². The van der Waals surface area contributed by atoms with Gasteiger partial charge in [-0.2, -0.15) is 0 Å². The number of aromatic nitrogens is 1. The number of nitrogens with two attached hydrogens (primary N) is 1. The third-order valence-electron chi connectivity index (χ3n) is 2.81. The van der Waals surface area contributed by atoms with E-state index in [4.69, 9.17) is 5.73 Å². The van der Waals surface area contributed by atoms with Gasteiger partial charge in [-0.3, -0.25) is 0 Å². The van der Waals surface area contributed by atoms with Crippen molar-refractivity contribution in [2.75, 3.05) is 17.6 Å². The molecule has 17 heavy (non-hydrogen) atoms.